The van der Waals surface area contributed by atoms with Crippen molar-refractivity contribution in [2.24, 2.45) is 0 Å². The van der Waals surface area contributed by atoms with Gasteiger partial charge in [0.15, 0.2) is 17.5 Å². The summed E-state index contributed by atoms with van der Waals surface area (Å²) in [5, 5.41) is 13.7. The van der Waals surface area contributed by atoms with E-state index in [0.29, 0.717) is 13.1 Å². The second kappa shape index (κ2) is 9.88. The van der Waals surface area contributed by atoms with Crippen LogP contribution in [0, 0.1) is 17.5 Å². The van der Waals surface area contributed by atoms with E-state index in [-0.39, 0.29) is 63.7 Å². The van der Waals surface area contributed by atoms with E-state index >= 15 is 13.2 Å². The van der Waals surface area contributed by atoms with Crippen LogP contribution in [0.1, 0.15) is 39.0 Å². The number of anilines is 1. The van der Waals surface area contributed by atoms with Crippen LogP contribution in [0.5, 0.6) is 11.8 Å². The van der Waals surface area contributed by atoms with E-state index in [4.69, 9.17) is 11.6 Å². The minimum Gasteiger partial charge on any atom is -0.508 e. The average molecular weight is 600 g/mol. The largest absolute Gasteiger partial charge is 0.508 e. The third kappa shape index (κ3) is 4.28. The zero-order chi connectivity index (χ0) is 34.0. The molecule has 2 aromatic carbocycles. The summed E-state index contributed by atoms with van der Waals surface area (Å²) >= 11 is 0. The number of pyridine rings is 1. The molecule has 224 valence electrons. The topological polar surface area (TPSA) is 86.6 Å². The van der Waals surface area contributed by atoms with E-state index in [1.165, 1.54) is 18.3 Å². The molecule has 8 nitrogen and oxygen atoms in total. The number of benzene rings is 2. The van der Waals surface area contributed by atoms with E-state index in [0.717, 1.165) is 29.9 Å². The first kappa shape index (κ1) is 21.8. The fourth-order valence-corrected chi connectivity index (χ4v) is 6.91. The van der Waals surface area contributed by atoms with Crippen molar-refractivity contribution < 1.29 is 34.3 Å². The molecule has 4 atom stereocenters. The standard InChI is InChI=1S/C31H30F4N6O2/c32-17-10-31(6-1-7-40(31)13-17)15-43-30-38-28-22(29(39-30)41-14-18-3-4-19(41)11-36-18)12-37-27(26(28)35)21-9-20(42)8-16-2-5-23(33)25(34)24(16)21/h2,5,8-9,12,17-19,36,42H,1,3-4,6-7,10-11,13-15H2/t17-,18?,19?,31+/m1/s1/i7D2,15D2,17D. The first-order valence-corrected chi connectivity index (χ1v) is 14.2. The van der Waals surface area contributed by atoms with Crippen LogP contribution in [0.15, 0.2) is 30.5 Å². The van der Waals surface area contributed by atoms with Crippen molar-refractivity contribution in [1.29, 1.82) is 0 Å². The molecule has 0 radical (unpaired) electrons. The summed E-state index contributed by atoms with van der Waals surface area (Å²) in [6.45, 7) is -4.53. The maximum Gasteiger partial charge on any atom is 0.319 e. The second-order valence-electron chi connectivity index (χ2n) is 11.6. The van der Waals surface area contributed by atoms with Crippen molar-refractivity contribution in [1.82, 2.24) is 25.2 Å². The number of hydrogen-bond acceptors (Lipinski definition) is 8. The SMILES string of the molecule is [2H]C1([2H])CC[C@@]2(C([2H])([2H])Oc3nc(N4CC5CCC4CN5)c4cnc(-c5cc(O)cc6ccc(F)c(F)c56)c(F)c4n3)C[C@@]([2H])(F)CN12. The monoisotopic (exact) mass is 599 g/mol. The van der Waals surface area contributed by atoms with E-state index < -0.39 is 66.9 Å². The molecule has 5 aliphatic rings. The molecular weight excluding hydrogens is 564 g/mol. The third-order valence-corrected chi connectivity index (χ3v) is 9.02. The normalized spacial score (nSPS) is 31.9. The minimum atomic E-state index is -2.84. The summed E-state index contributed by atoms with van der Waals surface area (Å²) in [7, 11) is 0. The molecule has 43 heavy (non-hydrogen) atoms. The Morgan fingerprint density at radius 2 is 2.07 bits per heavy atom. The number of ether oxygens (including phenoxy) is 1. The molecule has 2 N–H and O–H groups in total. The molecule has 0 aliphatic carbocycles. The number of nitrogens with one attached hydrogen (secondary N) is 1. The van der Waals surface area contributed by atoms with Gasteiger partial charge in [0.2, 0.25) is 0 Å². The van der Waals surface area contributed by atoms with Crippen molar-refractivity contribution in [2.45, 2.75) is 55.9 Å². The van der Waals surface area contributed by atoms with Crippen molar-refractivity contribution >= 4 is 27.5 Å². The van der Waals surface area contributed by atoms with Gasteiger partial charge < -0.3 is 20.1 Å². The number of piperidine rings is 2. The molecule has 0 saturated carbocycles. The maximum absolute atomic E-state index is 16.7. The highest BCUT2D eigenvalue weighted by Crippen LogP contribution is 2.42. The molecule has 2 unspecified atom stereocenters. The lowest BCUT2D eigenvalue weighted by Crippen LogP contribution is -2.61. The van der Waals surface area contributed by atoms with Gasteiger partial charge in [-0.1, -0.05) is 6.07 Å². The van der Waals surface area contributed by atoms with Crippen molar-refractivity contribution in [2.75, 3.05) is 37.6 Å². The molecule has 9 rings (SSSR count). The zero-order valence-corrected chi connectivity index (χ0v) is 22.8. The number of alkyl halides is 1. The van der Waals surface area contributed by atoms with Gasteiger partial charge in [0.25, 0.3) is 0 Å². The van der Waals surface area contributed by atoms with Crippen LogP contribution in [0.25, 0.3) is 32.9 Å². The van der Waals surface area contributed by atoms with E-state index in [2.05, 4.69) is 20.3 Å². The minimum absolute atomic E-state index is 0.0611. The highest BCUT2D eigenvalue weighted by atomic mass is 19.2. The molecule has 2 aromatic heterocycles. The van der Waals surface area contributed by atoms with Crippen molar-refractivity contribution in [3.63, 3.8) is 0 Å². The quantitative estimate of drug-likeness (QED) is 0.315. The zero-order valence-electron chi connectivity index (χ0n) is 27.8. The first-order chi connectivity index (χ1) is 22.6. The number of rotatable bonds is 5. The maximum atomic E-state index is 16.7. The van der Waals surface area contributed by atoms with Crippen LogP contribution in [0.3, 0.4) is 0 Å². The van der Waals surface area contributed by atoms with Gasteiger partial charge in [-0.25, -0.2) is 17.6 Å². The lowest BCUT2D eigenvalue weighted by Gasteiger charge is -2.46. The summed E-state index contributed by atoms with van der Waals surface area (Å²) in [5.74, 6) is -3.70. The Kier molecular flexibility index (Phi) is 5.02. The molecule has 12 heteroatoms. The molecule has 5 saturated heterocycles. The predicted molar refractivity (Wildman–Crippen MR) is 153 cm³/mol. The van der Waals surface area contributed by atoms with Crippen LogP contribution < -0.4 is 15.0 Å². The predicted octanol–water partition coefficient (Wildman–Crippen LogP) is 4.86. The molecule has 7 heterocycles. The highest BCUT2D eigenvalue weighted by Gasteiger charge is 2.49. The van der Waals surface area contributed by atoms with E-state index in [9.17, 15) is 9.50 Å². The summed E-state index contributed by atoms with van der Waals surface area (Å²) in [5.41, 5.74) is -2.97. The Labute approximate surface area is 251 Å². The highest BCUT2D eigenvalue weighted by molar-refractivity contribution is 6.00. The third-order valence-electron chi connectivity index (χ3n) is 9.02. The molecule has 4 aromatic rings. The fraction of sp³-hybridized carbons (Fsp3) is 0.452. The Bertz CT molecular complexity index is 2000. The number of phenols is 1. The Morgan fingerprint density at radius 3 is 2.86 bits per heavy atom. The van der Waals surface area contributed by atoms with E-state index in [1.54, 1.807) is 0 Å². The average Bonchev–Trinajstić information content (AvgIpc) is 3.48. The van der Waals surface area contributed by atoms with Crippen LogP contribution in [0.4, 0.5) is 23.4 Å². The van der Waals surface area contributed by atoms with Gasteiger partial charge in [0.1, 0.15) is 35.5 Å². The van der Waals surface area contributed by atoms with Gasteiger partial charge in [0, 0.05) is 58.0 Å². The second-order valence-corrected chi connectivity index (χ2v) is 11.6. The summed E-state index contributed by atoms with van der Waals surface area (Å²) < 4.78 is 110. The van der Waals surface area contributed by atoms with Crippen LogP contribution in [-0.4, -0.2) is 81.4 Å². The number of fused-ring (bicyclic) bond motifs is 6. The molecule has 5 aliphatic heterocycles. The Hall–Kier alpha value is -3.77. The lowest BCUT2D eigenvalue weighted by atomic mass is 9.93. The molecule has 0 spiro atoms. The number of piperazine rings is 1. The van der Waals surface area contributed by atoms with Crippen LogP contribution in [0.2, 0.25) is 0 Å². The van der Waals surface area contributed by atoms with E-state index in [1.807, 2.05) is 4.90 Å². The van der Waals surface area contributed by atoms with Gasteiger partial charge in [0.05, 0.1) is 15.0 Å². The van der Waals surface area contributed by atoms with Crippen molar-refractivity contribution in [3.05, 3.63) is 47.9 Å². The first-order valence-electron chi connectivity index (χ1n) is 16.7. The number of aromatic hydroxyl groups is 1. The van der Waals surface area contributed by atoms with Gasteiger partial charge in [-0.3, -0.25) is 9.88 Å². The number of aromatic nitrogens is 3. The fourth-order valence-electron chi connectivity index (χ4n) is 6.91. The van der Waals surface area contributed by atoms with Gasteiger partial charge in [-0.15, -0.1) is 0 Å². The summed E-state index contributed by atoms with van der Waals surface area (Å²) in [6.07, 6.45) is -0.631. The molecule has 0 amide bonds. The van der Waals surface area contributed by atoms with Crippen molar-refractivity contribution in [3.8, 4) is 23.0 Å². The molecule has 2 bridgehead atoms. The number of phenolic OH excluding ortho intramolecular Hbond substituents is 1. The van der Waals surface area contributed by atoms with Gasteiger partial charge in [-0.05, 0) is 55.8 Å². The summed E-state index contributed by atoms with van der Waals surface area (Å²) in [6, 6.07) is 3.81. The Morgan fingerprint density at radius 1 is 1.19 bits per heavy atom. The summed E-state index contributed by atoms with van der Waals surface area (Å²) in [4.78, 5) is 16.0. The lowest BCUT2D eigenvalue weighted by molar-refractivity contribution is 0.107. The number of halogens is 4. The molecule has 5 fully saturated rings. The number of nitrogens with zero attached hydrogens (tertiary/aromatic N) is 5. The van der Waals surface area contributed by atoms with Gasteiger partial charge in [-0.2, -0.15) is 9.97 Å². The smallest absolute Gasteiger partial charge is 0.319 e. The van der Waals surface area contributed by atoms with Crippen LogP contribution in [-0.2, 0) is 0 Å². The number of hydrogen-bond donors (Lipinski definition) is 2. The Balaban J connectivity index is 1.31. The van der Waals surface area contributed by atoms with Crippen LogP contribution >= 0.6 is 0 Å². The molecular formula is C31H30F4N6O2. The van der Waals surface area contributed by atoms with Gasteiger partial charge >= 0.3 is 6.01 Å².